The highest BCUT2D eigenvalue weighted by Gasteiger charge is 2.15. The van der Waals surface area contributed by atoms with Crippen LogP contribution in [0.5, 0.6) is 11.5 Å². The van der Waals surface area contributed by atoms with Crippen LogP contribution in [0.25, 0.3) is 0 Å². The molecular weight excluding hydrogens is 297 g/mol. The molecule has 0 bridgehead atoms. The first-order valence-corrected chi connectivity index (χ1v) is 7.59. The molecule has 1 heterocycles. The summed E-state index contributed by atoms with van der Waals surface area (Å²) in [5.74, 6) is 0.813. The molecule has 0 radical (unpaired) electrons. The van der Waals surface area contributed by atoms with Crippen LogP contribution in [0, 0.1) is 5.82 Å². The molecule has 0 saturated carbocycles. The van der Waals surface area contributed by atoms with Gasteiger partial charge >= 0.3 is 0 Å². The van der Waals surface area contributed by atoms with Gasteiger partial charge in [-0.2, -0.15) is 0 Å². The van der Waals surface area contributed by atoms with E-state index < -0.39 is 0 Å². The lowest BCUT2D eigenvalue weighted by Gasteiger charge is -2.16. The number of hydrogen-bond donors (Lipinski definition) is 1. The van der Waals surface area contributed by atoms with Crippen molar-refractivity contribution in [1.29, 1.82) is 0 Å². The highest BCUT2D eigenvalue weighted by atomic mass is 19.1. The Morgan fingerprint density at radius 1 is 1.09 bits per heavy atom. The molecule has 4 nitrogen and oxygen atoms in total. The molecule has 1 aliphatic heterocycles. The van der Waals surface area contributed by atoms with Crippen molar-refractivity contribution < 1.29 is 18.7 Å². The van der Waals surface area contributed by atoms with Gasteiger partial charge in [0.15, 0.2) is 11.5 Å². The molecule has 1 N–H and O–H groups in total. The lowest BCUT2D eigenvalue weighted by Crippen LogP contribution is -2.26. The van der Waals surface area contributed by atoms with Gasteiger partial charge in [0.1, 0.15) is 5.82 Å². The van der Waals surface area contributed by atoms with E-state index in [2.05, 4.69) is 5.32 Å². The third kappa shape index (κ3) is 3.62. The van der Waals surface area contributed by atoms with Crippen LogP contribution in [0.3, 0.4) is 0 Å². The minimum atomic E-state index is -0.363. The molecule has 5 heteroatoms. The normalized spacial score (nSPS) is 14.7. The van der Waals surface area contributed by atoms with E-state index in [0.717, 1.165) is 17.7 Å². The van der Waals surface area contributed by atoms with Crippen molar-refractivity contribution in [3.8, 4) is 11.5 Å². The topological polar surface area (TPSA) is 47.6 Å². The lowest BCUT2D eigenvalue weighted by atomic mass is 10.1. The maximum Gasteiger partial charge on any atom is 0.251 e. The number of rotatable bonds is 3. The summed E-state index contributed by atoms with van der Waals surface area (Å²) in [7, 11) is 0. The van der Waals surface area contributed by atoms with Crippen LogP contribution < -0.4 is 14.8 Å². The standard InChI is InChI=1S/C18H18FNO3/c1-12(20-18(21)13-3-6-15(19)7-4-13)14-5-8-16-17(11-14)23-10-2-9-22-16/h3-8,11-12H,2,9-10H2,1H3,(H,20,21)/t12-/m1/s1. The Labute approximate surface area is 134 Å². The second-order valence-corrected chi connectivity index (χ2v) is 5.46. The van der Waals surface area contributed by atoms with E-state index >= 15 is 0 Å². The SMILES string of the molecule is C[C@@H](NC(=O)c1ccc(F)cc1)c1ccc2c(c1)OCCCO2. The van der Waals surface area contributed by atoms with Gasteiger partial charge in [0.2, 0.25) is 0 Å². The summed E-state index contributed by atoms with van der Waals surface area (Å²) in [5.41, 5.74) is 1.34. The second kappa shape index (κ2) is 6.69. The lowest BCUT2D eigenvalue weighted by molar-refractivity contribution is 0.0939. The monoisotopic (exact) mass is 315 g/mol. The van der Waals surface area contributed by atoms with Crippen LogP contribution in [0.1, 0.15) is 35.3 Å². The van der Waals surface area contributed by atoms with Crippen molar-refractivity contribution in [3.05, 3.63) is 59.4 Å². The van der Waals surface area contributed by atoms with E-state index in [0.29, 0.717) is 24.5 Å². The molecule has 1 aliphatic rings. The molecule has 2 aromatic carbocycles. The largest absolute Gasteiger partial charge is 0.490 e. The first-order chi connectivity index (χ1) is 11.1. The molecule has 23 heavy (non-hydrogen) atoms. The van der Waals surface area contributed by atoms with Gasteiger partial charge in [-0.25, -0.2) is 4.39 Å². The van der Waals surface area contributed by atoms with Crippen LogP contribution in [0.4, 0.5) is 4.39 Å². The Balaban J connectivity index is 1.72. The van der Waals surface area contributed by atoms with Crippen molar-refractivity contribution in [2.75, 3.05) is 13.2 Å². The van der Waals surface area contributed by atoms with Crippen LogP contribution in [-0.2, 0) is 0 Å². The summed E-state index contributed by atoms with van der Waals surface area (Å²) in [6.45, 7) is 3.15. The van der Waals surface area contributed by atoms with Crippen LogP contribution >= 0.6 is 0 Å². The molecule has 1 atom stereocenters. The van der Waals surface area contributed by atoms with E-state index in [-0.39, 0.29) is 17.8 Å². The predicted molar refractivity (Wildman–Crippen MR) is 84.3 cm³/mol. The smallest absolute Gasteiger partial charge is 0.251 e. The molecule has 0 spiro atoms. The highest BCUT2D eigenvalue weighted by Crippen LogP contribution is 2.32. The Kier molecular flexibility index (Phi) is 4.46. The van der Waals surface area contributed by atoms with Crippen molar-refractivity contribution in [3.63, 3.8) is 0 Å². The van der Waals surface area contributed by atoms with Gasteiger partial charge in [-0.15, -0.1) is 0 Å². The second-order valence-electron chi connectivity index (χ2n) is 5.46. The third-order valence-electron chi connectivity index (χ3n) is 3.73. The molecule has 120 valence electrons. The maximum atomic E-state index is 12.9. The van der Waals surface area contributed by atoms with E-state index in [1.54, 1.807) is 0 Å². The summed E-state index contributed by atoms with van der Waals surface area (Å²) < 4.78 is 24.2. The minimum Gasteiger partial charge on any atom is -0.490 e. The number of carbonyl (C=O) groups is 1. The predicted octanol–water partition coefficient (Wildman–Crippen LogP) is 3.48. The number of nitrogens with one attached hydrogen (secondary N) is 1. The molecule has 3 rings (SSSR count). The number of hydrogen-bond acceptors (Lipinski definition) is 3. The Hall–Kier alpha value is -2.56. The van der Waals surface area contributed by atoms with E-state index in [1.165, 1.54) is 24.3 Å². The number of carbonyl (C=O) groups excluding carboxylic acids is 1. The molecule has 0 unspecified atom stereocenters. The molecule has 2 aromatic rings. The van der Waals surface area contributed by atoms with Gasteiger partial charge in [-0.3, -0.25) is 4.79 Å². The third-order valence-corrected chi connectivity index (χ3v) is 3.73. The molecule has 1 amide bonds. The Morgan fingerprint density at radius 3 is 2.52 bits per heavy atom. The van der Waals surface area contributed by atoms with Gasteiger partial charge in [0.25, 0.3) is 5.91 Å². The summed E-state index contributed by atoms with van der Waals surface area (Å²) in [6.07, 6.45) is 0.848. The Morgan fingerprint density at radius 2 is 1.78 bits per heavy atom. The summed E-state index contributed by atoms with van der Waals surface area (Å²) in [6, 6.07) is 10.9. The van der Waals surface area contributed by atoms with Crippen LogP contribution in [0.2, 0.25) is 0 Å². The number of fused-ring (bicyclic) bond motifs is 1. The quantitative estimate of drug-likeness (QED) is 0.943. The number of ether oxygens (including phenoxy) is 2. The van der Waals surface area contributed by atoms with Crippen LogP contribution in [0.15, 0.2) is 42.5 Å². The van der Waals surface area contributed by atoms with Gasteiger partial charge in [-0.1, -0.05) is 6.07 Å². The average Bonchev–Trinajstić information content (AvgIpc) is 2.79. The fourth-order valence-electron chi connectivity index (χ4n) is 2.41. The zero-order valence-electron chi connectivity index (χ0n) is 12.8. The number of halogens is 1. The van der Waals surface area contributed by atoms with E-state index in [4.69, 9.17) is 9.47 Å². The summed E-state index contributed by atoms with van der Waals surface area (Å²) >= 11 is 0. The molecule has 0 aromatic heterocycles. The average molecular weight is 315 g/mol. The van der Waals surface area contributed by atoms with Crippen molar-refractivity contribution in [1.82, 2.24) is 5.32 Å². The van der Waals surface area contributed by atoms with Crippen molar-refractivity contribution in [2.24, 2.45) is 0 Å². The highest BCUT2D eigenvalue weighted by molar-refractivity contribution is 5.94. The fourth-order valence-corrected chi connectivity index (χ4v) is 2.41. The number of amides is 1. The molecule has 0 aliphatic carbocycles. The molecule has 0 fully saturated rings. The van der Waals surface area contributed by atoms with Crippen LogP contribution in [-0.4, -0.2) is 19.1 Å². The van der Waals surface area contributed by atoms with Crippen molar-refractivity contribution >= 4 is 5.91 Å². The molecular formula is C18H18FNO3. The minimum absolute atomic E-state index is 0.204. The maximum absolute atomic E-state index is 12.9. The fraction of sp³-hybridized carbons (Fsp3) is 0.278. The summed E-state index contributed by atoms with van der Waals surface area (Å²) in [4.78, 5) is 12.2. The van der Waals surface area contributed by atoms with E-state index in [9.17, 15) is 9.18 Å². The van der Waals surface area contributed by atoms with Gasteiger partial charge in [0, 0.05) is 12.0 Å². The zero-order chi connectivity index (χ0) is 16.2. The molecule has 0 saturated heterocycles. The zero-order valence-corrected chi connectivity index (χ0v) is 12.8. The first-order valence-electron chi connectivity index (χ1n) is 7.59. The van der Waals surface area contributed by atoms with E-state index in [1.807, 2.05) is 25.1 Å². The number of benzene rings is 2. The van der Waals surface area contributed by atoms with Crippen molar-refractivity contribution in [2.45, 2.75) is 19.4 Å². The first kappa shape index (κ1) is 15.3. The van der Waals surface area contributed by atoms with Gasteiger partial charge < -0.3 is 14.8 Å². The Bertz CT molecular complexity index is 700. The summed E-state index contributed by atoms with van der Waals surface area (Å²) in [5, 5.41) is 2.90. The van der Waals surface area contributed by atoms with Gasteiger partial charge in [-0.05, 0) is 48.9 Å². The van der Waals surface area contributed by atoms with Gasteiger partial charge in [0.05, 0.1) is 19.3 Å².